The Kier molecular flexibility index (Phi) is 5.72. The van der Waals surface area contributed by atoms with Crippen LogP contribution in [0.3, 0.4) is 0 Å². The van der Waals surface area contributed by atoms with Gasteiger partial charge < -0.3 is 9.84 Å². The quantitative estimate of drug-likeness (QED) is 0.618. The van der Waals surface area contributed by atoms with Crippen LogP contribution in [-0.2, 0) is 10.0 Å². The van der Waals surface area contributed by atoms with Crippen molar-refractivity contribution >= 4 is 22.2 Å². The number of aromatic nitrogens is 2. The van der Waals surface area contributed by atoms with Gasteiger partial charge in [0.1, 0.15) is 5.69 Å². The highest BCUT2D eigenvalue weighted by Crippen LogP contribution is 2.37. The van der Waals surface area contributed by atoms with E-state index in [1.807, 2.05) is 0 Å². The Morgan fingerprint density at radius 1 is 1.20 bits per heavy atom. The summed E-state index contributed by atoms with van der Waals surface area (Å²) in [5.41, 5.74) is 0.927. The molecule has 10 heteroatoms. The van der Waals surface area contributed by atoms with Gasteiger partial charge >= 0.3 is 5.97 Å². The predicted octanol–water partition coefficient (Wildman–Crippen LogP) is 3.20. The molecule has 0 fully saturated rings. The van der Waals surface area contributed by atoms with Crippen molar-refractivity contribution in [1.82, 2.24) is 9.78 Å². The predicted molar refractivity (Wildman–Crippen MR) is 109 cm³/mol. The molecular formula is C20H18FN3O5S. The Hall–Kier alpha value is -3.50. The first-order valence-electron chi connectivity index (χ1n) is 8.63. The van der Waals surface area contributed by atoms with E-state index >= 15 is 0 Å². The molecule has 0 unspecified atom stereocenters. The van der Waals surface area contributed by atoms with Gasteiger partial charge in [0.25, 0.3) is 0 Å². The highest BCUT2D eigenvalue weighted by Gasteiger charge is 2.25. The van der Waals surface area contributed by atoms with E-state index in [0.717, 1.165) is 6.07 Å². The molecule has 0 atom stereocenters. The van der Waals surface area contributed by atoms with E-state index in [0.29, 0.717) is 5.56 Å². The molecule has 0 saturated heterocycles. The molecule has 0 saturated carbocycles. The minimum Gasteiger partial charge on any atom is -0.494 e. The van der Waals surface area contributed by atoms with Crippen LogP contribution >= 0.6 is 0 Å². The smallest absolute Gasteiger partial charge is 0.355 e. The zero-order valence-corrected chi connectivity index (χ0v) is 16.9. The second-order valence-corrected chi connectivity index (χ2v) is 7.78. The molecular weight excluding hydrogens is 413 g/mol. The lowest BCUT2D eigenvalue weighted by molar-refractivity contribution is 0.0688. The summed E-state index contributed by atoms with van der Waals surface area (Å²) >= 11 is 0. The third-order valence-corrected chi connectivity index (χ3v) is 5.23. The van der Waals surface area contributed by atoms with Crippen molar-refractivity contribution in [3.05, 3.63) is 60.1 Å². The van der Waals surface area contributed by atoms with Gasteiger partial charge in [-0.3, -0.25) is 0 Å². The van der Waals surface area contributed by atoms with E-state index in [4.69, 9.17) is 9.88 Å². The Morgan fingerprint density at radius 3 is 2.33 bits per heavy atom. The van der Waals surface area contributed by atoms with Gasteiger partial charge in [-0.15, -0.1) is 0 Å². The van der Waals surface area contributed by atoms with E-state index in [1.165, 1.54) is 54.4 Å². The van der Waals surface area contributed by atoms with Gasteiger partial charge in [0.05, 0.1) is 12.0 Å². The summed E-state index contributed by atoms with van der Waals surface area (Å²) in [6.07, 6.45) is 3.06. The fraction of sp³-hybridized carbons (Fsp3) is 0.100. The molecule has 1 heterocycles. The molecule has 8 nitrogen and oxygen atoms in total. The van der Waals surface area contributed by atoms with Crippen molar-refractivity contribution in [2.45, 2.75) is 11.8 Å². The SMILES string of the molecule is CC=Cn1nc(-c2ccc(S(N)(=O)=O)cc2)c(-c2ccc(OC)c(F)c2)c1C(=O)O. The summed E-state index contributed by atoms with van der Waals surface area (Å²) in [6.45, 7) is 1.70. The molecule has 3 aromatic rings. The van der Waals surface area contributed by atoms with Gasteiger partial charge in [0, 0.05) is 17.3 Å². The van der Waals surface area contributed by atoms with Crippen molar-refractivity contribution in [1.29, 1.82) is 0 Å². The number of hydrogen-bond acceptors (Lipinski definition) is 5. The van der Waals surface area contributed by atoms with Crippen LogP contribution in [0.25, 0.3) is 28.6 Å². The van der Waals surface area contributed by atoms with Crippen molar-refractivity contribution in [3.8, 4) is 28.1 Å². The maximum Gasteiger partial charge on any atom is 0.355 e. The van der Waals surface area contributed by atoms with E-state index in [2.05, 4.69) is 5.10 Å². The highest BCUT2D eigenvalue weighted by molar-refractivity contribution is 7.89. The van der Waals surface area contributed by atoms with E-state index in [-0.39, 0.29) is 33.2 Å². The molecule has 0 amide bonds. The monoisotopic (exact) mass is 431 g/mol. The summed E-state index contributed by atoms with van der Waals surface area (Å²) in [7, 11) is -2.57. The maximum atomic E-state index is 14.3. The molecule has 0 radical (unpaired) electrons. The lowest BCUT2D eigenvalue weighted by atomic mass is 9.98. The van der Waals surface area contributed by atoms with Crippen LogP contribution in [-0.4, -0.2) is 36.4 Å². The van der Waals surface area contributed by atoms with Crippen LogP contribution in [0.15, 0.2) is 53.4 Å². The minimum absolute atomic E-state index is 0.00975. The summed E-state index contributed by atoms with van der Waals surface area (Å²) in [5, 5.41) is 19.3. The Morgan fingerprint density at radius 2 is 1.83 bits per heavy atom. The number of hydrogen-bond donors (Lipinski definition) is 2. The van der Waals surface area contributed by atoms with E-state index in [1.54, 1.807) is 13.0 Å². The number of nitrogens with zero attached hydrogens (tertiary/aromatic N) is 2. The zero-order chi connectivity index (χ0) is 22.1. The van der Waals surface area contributed by atoms with Gasteiger partial charge in [-0.1, -0.05) is 24.3 Å². The van der Waals surface area contributed by atoms with Crippen molar-refractivity contribution in [3.63, 3.8) is 0 Å². The summed E-state index contributed by atoms with van der Waals surface area (Å²) in [6, 6.07) is 9.56. The molecule has 1 aromatic heterocycles. The number of primary sulfonamides is 1. The first-order chi connectivity index (χ1) is 14.2. The number of carboxylic acid groups (broad SMARTS) is 1. The van der Waals surface area contributed by atoms with Gasteiger partial charge in [-0.05, 0) is 36.8 Å². The topological polar surface area (TPSA) is 125 Å². The van der Waals surface area contributed by atoms with Crippen molar-refractivity contribution in [2.75, 3.05) is 7.11 Å². The summed E-state index contributed by atoms with van der Waals surface area (Å²) in [5.74, 6) is -1.92. The van der Waals surface area contributed by atoms with Crippen LogP contribution in [0, 0.1) is 5.82 Å². The largest absolute Gasteiger partial charge is 0.494 e. The van der Waals surface area contributed by atoms with E-state index in [9.17, 15) is 22.7 Å². The minimum atomic E-state index is -3.90. The maximum absolute atomic E-state index is 14.3. The standard InChI is InChI=1S/C20H18FN3O5S/c1-3-10-24-19(20(25)26)17(13-6-9-16(29-2)15(21)11-13)18(23-24)12-4-7-14(8-5-12)30(22,27)28/h3-11H,1-2H3,(H,25,26)(H2,22,27,28). The summed E-state index contributed by atoms with van der Waals surface area (Å²) < 4.78 is 43.5. The second kappa shape index (κ2) is 8.09. The lowest BCUT2D eigenvalue weighted by Crippen LogP contribution is -2.11. The van der Waals surface area contributed by atoms with Crippen LogP contribution in [0.5, 0.6) is 5.75 Å². The normalized spacial score (nSPS) is 11.7. The van der Waals surface area contributed by atoms with Crippen LogP contribution in [0.2, 0.25) is 0 Å². The van der Waals surface area contributed by atoms with Crippen LogP contribution in [0.1, 0.15) is 17.4 Å². The Balaban J connectivity index is 2.31. The molecule has 156 valence electrons. The number of rotatable bonds is 6. The van der Waals surface area contributed by atoms with Gasteiger partial charge in [0.2, 0.25) is 10.0 Å². The third kappa shape index (κ3) is 3.95. The Labute approximate surface area is 172 Å². The van der Waals surface area contributed by atoms with Crippen molar-refractivity contribution in [2.24, 2.45) is 5.14 Å². The number of sulfonamides is 1. The van der Waals surface area contributed by atoms with Gasteiger partial charge in [-0.2, -0.15) is 5.10 Å². The first kappa shape index (κ1) is 21.2. The number of benzene rings is 2. The average Bonchev–Trinajstić information content (AvgIpc) is 3.07. The molecule has 3 rings (SSSR count). The molecule has 0 aliphatic heterocycles. The molecule has 30 heavy (non-hydrogen) atoms. The number of aromatic carboxylic acids is 1. The van der Waals surface area contributed by atoms with Gasteiger partial charge in [-0.25, -0.2) is 27.4 Å². The second-order valence-electron chi connectivity index (χ2n) is 6.22. The third-order valence-electron chi connectivity index (χ3n) is 4.30. The first-order valence-corrected chi connectivity index (χ1v) is 10.2. The summed E-state index contributed by atoms with van der Waals surface area (Å²) in [4.78, 5) is 11.9. The molecule has 2 aromatic carbocycles. The number of allylic oxidation sites excluding steroid dienone is 1. The molecule has 0 aliphatic carbocycles. The molecule has 0 spiro atoms. The number of halogens is 1. The molecule has 0 bridgehead atoms. The van der Waals surface area contributed by atoms with Crippen LogP contribution < -0.4 is 9.88 Å². The lowest BCUT2D eigenvalue weighted by Gasteiger charge is -2.08. The molecule has 3 N–H and O–H groups in total. The van der Waals surface area contributed by atoms with Crippen molar-refractivity contribution < 1.29 is 27.4 Å². The zero-order valence-electron chi connectivity index (χ0n) is 16.0. The number of nitrogens with two attached hydrogens (primary N) is 1. The number of carboxylic acids is 1. The average molecular weight is 431 g/mol. The number of ether oxygens (including phenoxy) is 1. The van der Waals surface area contributed by atoms with Gasteiger partial charge in [0.15, 0.2) is 17.3 Å². The Bertz CT molecular complexity index is 1250. The fourth-order valence-corrected chi connectivity index (χ4v) is 3.50. The molecule has 0 aliphatic rings. The van der Waals surface area contributed by atoms with E-state index < -0.39 is 21.8 Å². The fourth-order valence-electron chi connectivity index (χ4n) is 2.99. The highest BCUT2D eigenvalue weighted by atomic mass is 32.2. The number of carbonyl (C=O) groups is 1. The van der Waals surface area contributed by atoms with Crippen LogP contribution in [0.4, 0.5) is 4.39 Å². The number of methoxy groups -OCH3 is 1.